The summed E-state index contributed by atoms with van der Waals surface area (Å²) in [5.41, 5.74) is 4.14. The van der Waals surface area contributed by atoms with Crippen LogP contribution in [0.1, 0.15) is 29.7 Å². The molecule has 0 amide bonds. The molecule has 0 aliphatic carbocycles. The summed E-state index contributed by atoms with van der Waals surface area (Å²) >= 11 is 0. The molecule has 0 bridgehead atoms. The predicted molar refractivity (Wildman–Crippen MR) is 140 cm³/mol. The number of fused-ring (bicyclic) bond motifs is 1. The average molecular weight is 482 g/mol. The number of hydrogen-bond donors (Lipinski definition) is 2. The lowest BCUT2D eigenvalue weighted by molar-refractivity contribution is 0.605. The zero-order valence-electron chi connectivity index (χ0n) is 20.1. The van der Waals surface area contributed by atoms with Gasteiger partial charge in [-0.15, -0.1) is 0 Å². The Balaban J connectivity index is 1.65. The number of benzene rings is 2. The summed E-state index contributed by atoms with van der Waals surface area (Å²) in [5, 5.41) is 3.89. The van der Waals surface area contributed by atoms with Crippen LogP contribution in [0.4, 0.5) is 10.1 Å². The van der Waals surface area contributed by atoms with E-state index in [0.29, 0.717) is 44.8 Å². The number of rotatable bonds is 5. The van der Waals surface area contributed by atoms with Crippen molar-refractivity contribution in [3.8, 4) is 22.6 Å². The molecule has 0 aliphatic heterocycles. The number of H-pyrrole nitrogens is 1. The van der Waals surface area contributed by atoms with Gasteiger partial charge in [-0.3, -0.25) is 14.6 Å². The predicted octanol–water partition coefficient (Wildman–Crippen LogP) is 6.14. The first kappa shape index (κ1) is 23.2. The van der Waals surface area contributed by atoms with Crippen LogP contribution in [0.25, 0.3) is 33.6 Å². The Morgan fingerprint density at radius 2 is 1.83 bits per heavy atom. The van der Waals surface area contributed by atoms with Crippen molar-refractivity contribution >= 4 is 16.7 Å². The van der Waals surface area contributed by atoms with Crippen LogP contribution >= 0.6 is 0 Å². The summed E-state index contributed by atoms with van der Waals surface area (Å²) in [6.07, 6.45) is 3.14. The number of nitrogens with one attached hydrogen (secondary N) is 2. The van der Waals surface area contributed by atoms with Crippen molar-refractivity contribution in [1.82, 2.24) is 9.97 Å². The summed E-state index contributed by atoms with van der Waals surface area (Å²) in [6, 6.07) is 16.7. The minimum atomic E-state index is -0.364. The maximum Gasteiger partial charge on any atom is 0.248 e. The average Bonchev–Trinajstić information content (AvgIpc) is 2.87. The van der Waals surface area contributed by atoms with E-state index < -0.39 is 0 Å². The van der Waals surface area contributed by atoms with E-state index in [-0.39, 0.29) is 22.8 Å². The van der Waals surface area contributed by atoms with Gasteiger partial charge in [0.1, 0.15) is 17.2 Å². The lowest BCUT2D eigenvalue weighted by Gasteiger charge is -2.20. The Hall–Kier alpha value is -4.52. The Kier molecular flexibility index (Phi) is 5.98. The van der Waals surface area contributed by atoms with Gasteiger partial charge >= 0.3 is 0 Å². The summed E-state index contributed by atoms with van der Waals surface area (Å²) < 4.78 is 20.9. The molecule has 0 spiro atoms. The first-order valence-electron chi connectivity index (χ1n) is 11.6. The highest BCUT2D eigenvalue weighted by atomic mass is 19.1. The molecule has 3 heterocycles. The highest BCUT2D eigenvalue weighted by Gasteiger charge is 2.20. The van der Waals surface area contributed by atoms with Gasteiger partial charge in [0, 0.05) is 40.7 Å². The van der Waals surface area contributed by atoms with Gasteiger partial charge in [0.05, 0.1) is 22.8 Å². The number of aromatic amines is 1. The highest BCUT2D eigenvalue weighted by molar-refractivity contribution is 5.85. The topological polar surface area (TPSA) is 88.0 Å². The Bertz CT molecular complexity index is 1720. The summed E-state index contributed by atoms with van der Waals surface area (Å²) in [6.45, 7) is 5.56. The molecule has 5 rings (SSSR count). The van der Waals surface area contributed by atoms with Crippen molar-refractivity contribution in [2.75, 3.05) is 5.32 Å². The number of hydrogen-bond acceptors (Lipinski definition) is 5. The molecule has 180 valence electrons. The van der Waals surface area contributed by atoms with E-state index in [9.17, 15) is 14.0 Å². The molecule has 2 aromatic carbocycles. The summed E-state index contributed by atoms with van der Waals surface area (Å²) in [5.74, 6) is -0.0128. The Morgan fingerprint density at radius 3 is 2.61 bits per heavy atom. The van der Waals surface area contributed by atoms with Gasteiger partial charge in [0.2, 0.25) is 5.56 Å². The molecule has 2 N–H and O–H groups in total. The van der Waals surface area contributed by atoms with Crippen molar-refractivity contribution in [2.45, 2.75) is 26.8 Å². The van der Waals surface area contributed by atoms with Crippen molar-refractivity contribution in [1.29, 1.82) is 0 Å². The molecule has 5 aromatic rings. The van der Waals surface area contributed by atoms with Crippen LogP contribution in [0.2, 0.25) is 0 Å². The molecule has 0 saturated heterocycles. The van der Waals surface area contributed by atoms with Crippen LogP contribution in [0.15, 0.2) is 87.1 Å². The second-order valence-electron chi connectivity index (χ2n) is 8.80. The quantitative estimate of drug-likeness (QED) is 0.315. The number of nitrogens with zero attached hydrogens (tertiary/aromatic N) is 1. The molecular formula is C29H24FN3O3. The highest BCUT2D eigenvalue weighted by Crippen LogP contribution is 2.34. The monoisotopic (exact) mass is 481 g/mol. The third-order valence-corrected chi connectivity index (χ3v) is 6.20. The van der Waals surface area contributed by atoms with Crippen molar-refractivity contribution < 1.29 is 8.81 Å². The Morgan fingerprint density at radius 1 is 1.03 bits per heavy atom. The minimum absolute atomic E-state index is 0.155. The summed E-state index contributed by atoms with van der Waals surface area (Å²) in [7, 11) is 0. The van der Waals surface area contributed by atoms with Gasteiger partial charge in [0.25, 0.3) is 0 Å². The van der Waals surface area contributed by atoms with Crippen molar-refractivity contribution in [3.05, 3.63) is 116 Å². The van der Waals surface area contributed by atoms with Crippen LogP contribution < -0.4 is 16.3 Å². The number of halogens is 1. The van der Waals surface area contributed by atoms with E-state index in [1.165, 1.54) is 18.3 Å². The molecule has 0 unspecified atom stereocenters. The van der Waals surface area contributed by atoms with Gasteiger partial charge in [-0.2, -0.15) is 0 Å². The fourth-order valence-electron chi connectivity index (χ4n) is 4.45. The van der Waals surface area contributed by atoms with Gasteiger partial charge in [-0.25, -0.2) is 4.39 Å². The number of aryl methyl sites for hydroxylation is 1. The molecule has 7 heteroatoms. The van der Waals surface area contributed by atoms with E-state index in [4.69, 9.17) is 4.42 Å². The standard InChI is InChI=1S/C29H24FN3O3/c1-16-13-21(18(3)33-24-9-6-11-32-26(24)20-7-4-5-8-23(20)30)29-22(14-16)27(35)17(2)28(36-29)19-10-12-31-25(34)15-19/h4-15,18,33H,1-3H3,(H,31,34)/t18-/m1/s1. The smallest absolute Gasteiger partial charge is 0.248 e. The molecule has 0 radical (unpaired) electrons. The van der Waals surface area contributed by atoms with Crippen LogP contribution in [-0.2, 0) is 0 Å². The van der Waals surface area contributed by atoms with Crippen LogP contribution in [0.5, 0.6) is 0 Å². The van der Waals surface area contributed by atoms with E-state index in [1.807, 2.05) is 26.0 Å². The maximum atomic E-state index is 14.6. The SMILES string of the molecule is Cc1cc([C@@H](C)Nc2cccnc2-c2ccccc2F)c2oc(-c3cc[nH]c(=O)c3)c(C)c(=O)c2c1. The van der Waals surface area contributed by atoms with Crippen LogP contribution in [0, 0.1) is 19.7 Å². The van der Waals surface area contributed by atoms with Gasteiger partial charge in [-0.1, -0.05) is 18.2 Å². The van der Waals surface area contributed by atoms with Crippen LogP contribution in [-0.4, -0.2) is 9.97 Å². The summed E-state index contributed by atoms with van der Waals surface area (Å²) in [4.78, 5) is 32.2. The lowest BCUT2D eigenvalue weighted by Crippen LogP contribution is -2.13. The number of anilines is 1. The van der Waals surface area contributed by atoms with Gasteiger partial charge < -0.3 is 14.7 Å². The number of aromatic nitrogens is 2. The minimum Gasteiger partial charge on any atom is -0.455 e. The van der Waals surface area contributed by atoms with Gasteiger partial charge in [0.15, 0.2) is 5.43 Å². The lowest BCUT2D eigenvalue weighted by atomic mass is 9.98. The third-order valence-electron chi connectivity index (χ3n) is 6.20. The number of pyridine rings is 2. The maximum absolute atomic E-state index is 14.6. The third kappa shape index (κ3) is 4.20. The molecule has 0 fully saturated rings. The first-order valence-corrected chi connectivity index (χ1v) is 11.6. The van der Waals surface area contributed by atoms with E-state index in [2.05, 4.69) is 15.3 Å². The molecule has 36 heavy (non-hydrogen) atoms. The van der Waals surface area contributed by atoms with Crippen molar-refractivity contribution in [3.63, 3.8) is 0 Å². The van der Waals surface area contributed by atoms with Gasteiger partial charge in [-0.05, 0) is 62.7 Å². The zero-order chi connectivity index (χ0) is 25.4. The Labute approximate surface area is 206 Å². The molecule has 0 saturated carbocycles. The van der Waals surface area contributed by atoms with E-state index in [0.717, 1.165) is 11.1 Å². The zero-order valence-corrected chi connectivity index (χ0v) is 20.1. The molecule has 1 atom stereocenters. The normalized spacial score (nSPS) is 12.0. The van der Waals surface area contributed by atoms with Crippen LogP contribution in [0.3, 0.4) is 0 Å². The first-order chi connectivity index (χ1) is 17.3. The largest absolute Gasteiger partial charge is 0.455 e. The van der Waals surface area contributed by atoms with Crippen molar-refractivity contribution in [2.24, 2.45) is 0 Å². The second-order valence-corrected chi connectivity index (χ2v) is 8.80. The van der Waals surface area contributed by atoms with E-state index in [1.54, 1.807) is 49.5 Å². The fourth-order valence-corrected chi connectivity index (χ4v) is 4.45. The molecular weight excluding hydrogens is 457 g/mol. The second kappa shape index (κ2) is 9.26. The molecule has 6 nitrogen and oxygen atoms in total. The van der Waals surface area contributed by atoms with E-state index >= 15 is 0 Å². The molecule has 0 aliphatic rings. The fraction of sp³-hybridized carbons (Fsp3) is 0.138. The molecule has 3 aromatic heterocycles.